The highest BCUT2D eigenvalue weighted by atomic mass is 79.9. The minimum absolute atomic E-state index is 1.06. The highest BCUT2D eigenvalue weighted by Crippen LogP contribution is 2.36. The normalized spacial score (nSPS) is 10.9. The molecule has 0 saturated heterocycles. The molecule has 0 bridgehead atoms. The number of hydrogen-bond acceptors (Lipinski definition) is 0. The maximum atomic E-state index is 3.53. The van der Waals surface area contributed by atoms with E-state index in [0.29, 0.717) is 0 Å². The summed E-state index contributed by atoms with van der Waals surface area (Å²) in [6.07, 6.45) is 0. The van der Waals surface area contributed by atoms with Gasteiger partial charge in [0.15, 0.2) is 0 Å². The fourth-order valence-corrected chi connectivity index (χ4v) is 2.88. The molecular weight excluding hydrogens is 440 g/mol. The Balaban J connectivity index is 2.94. The molecule has 14 heavy (non-hydrogen) atoms. The second-order valence-electron chi connectivity index (χ2n) is 2.84. The zero-order chi connectivity index (χ0) is 10.3. The van der Waals surface area contributed by atoms with Gasteiger partial charge in [-0.05, 0) is 66.9 Å². The van der Waals surface area contributed by atoms with Crippen molar-refractivity contribution < 1.29 is 0 Å². The molecule has 0 unspecified atom stereocenters. The fraction of sp³-hybridized carbons (Fsp3) is 0. The third-order valence-corrected chi connectivity index (χ3v) is 5.18. The molecule has 72 valence electrons. The molecule has 0 heterocycles. The van der Waals surface area contributed by atoms with Crippen LogP contribution >= 0.6 is 63.7 Å². The van der Waals surface area contributed by atoms with Gasteiger partial charge in [0.25, 0.3) is 0 Å². The third kappa shape index (κ3) is 1.94. The van der Waals surface area contributed by atoms with E-state index in [1.54, 1.807) is 0 Å². The van der Waals surface area contributed by atoms with Crippen molar-refractivity contribution in [1.29, 1.82) is 0 Å². The van der Waals surface area contributed by atoms with Crippen LogP contribution in [-0.2, 0) is 0 Å². The molecule has 0 spiro atoms. The average Bonchev–Trinajstić information content (AvgIpc) is 2.15. The van der Waals surface area contributed by atoms with Gasteiger partial charge in [0.05, 0.1) is 0 Å². The number of rotatable bonds is 0. The summed E-state index contributed by atoms with van der Waals surface area (Å²) in [7, 11) is 0. The molecule has 0 radical (unpaired) electrons. The molecule has 0 aliphatic heterocycles. The molecule has 0 aliphatic rings. The zero-order valence-electron chi connectivity index (χ0n) is 6.82. The minimum Gasteiger partial charge on any atom is -0.0502 e. The summed E-state index contributed by atoms with van der Waals surface area (Å²) in [6, 6.07) is 8.25. The first-order chi connectivity index (χ1) is 6.59. The van der Waals surface area contributed by atoms with E-state index in [0.717, 1.165) is 17.9 Å². The Labute approximate surface area is 116 Å². The van der Waals surface area contributed by atoms with Gasteiger partial charge < -0.3 is 0 Å². The minimum atomic E-state index is 1.06. The average molecular weight is 444 g/mol. The number of halogens is 4. The summed E-state index contributed by atoms with van der Waals surface area (Å²) >= 11 is 14.0. The maximum absolute atomic E-state index is 3.53. The molecule has 0 aromatic heterocycles. The van der Waals surface area contributed by atoms with E-state index in [4.69, 9.17) is 0 Å². The van der Waals surface area contributed by atoms with E-state index < -0.39 is 0 Å². The van der Waals surface area contributed by atoms with Crippen molar-refractivity contribution in [3.05, 3.63) is 42.2 Å². The van der Waals surface area contributed by atoms with Gasteiger partial charge in [0.2, 0.25) is 0 Å². The summed E-state index contributed by atoms with van der Waals surface area (Å²) in [5.41, 5.74) is 0. The Morgan fingerprint density at radius 2 is 0.929 bits per heavy atom. The smallest absolute Gasteiger partial charge is 0.0324 e. The Hall–Kier alpha value is 0.620. The van der Waals surface area contributed by atoms with E-state index in [-0.39, 0.29) is 0 Å². The summed E-state index contributed by atoms with van der Waals surface area (Å²) in [4.78, 5) is 0. The second-order valence-corrected chi connectivity index (χ2v) is 6.26. The van der Waals surface area contributed by atoms with Crippen LogP contribution in [0.5, 0.6) is 0 Å². The second kappa shape index (κ2) is 4.24. The van der Waals surface area contributed by atoms with Crippen LogP contribution in [0.4, 0.5) is 0 Å². The molecule has 0 saturated carbocycles. The van der Waals surface area contributed by atoms with Crippen LogP contribution < -0.4 is 0 Å². The van der Waals surface area contributed by atoms with Gasteiger partial charge in [0.1, 0.15) is 0 Å². The Morgan fingerprint density at radius 3 is 1.29 bits per heavy atom. The first-order valence-electron chi connectivity index (χ1n) is 3.82. The molecule has 0 aliphatic carbocycles. The van der Waals surface area contributed by atoms with E-state index in [1.807, 2.05) is 12.1 Å². The van der Waals surface area contributed by atoms with Crippen LogP contribution in [0.1, 0.15) is 0 Å². The van der Waals surface area contributed by atoms with Crippen LogP contribution in [0.15, 0.2) is 42.2 Å². The SMILES string of the molecule is Brc1cc2c(Br)ccc(Br)c2cc1Br. The van der Waals surface area contributed by atoms with E-state index in [2.05, 4.69) is 75.9 Å². The van der Waals surface area contributed by atoms with Crippen molar-refractivity contribution in [1.82, 2.24) is 0 Å². The van der Waals surface area contributed by atoms with Crippen molar-refractivity contribution in [2.24, 2.45) is 0 Å². The monoisotopic (exact) mass is 440 g/mol. The predicted octanol–water partition coefficient (Wildman–Crippen LogP) is 5.89. The van der Waals surface area contributed by atoms with Crippen molar-refractivity contribution in [2.45, 2.75) is 0 Å². The lowest BCUT2D eigenvalue weighted by atomic mass is 10.1. The van der Waals surface area contributed by atoms with Crippen molar-refractivity contribution in [3.8, 4) is 0 Å². The molecule has 0 N–H and O–H groups in total. The topological polar surface area (TPSA) is 0 Å². The van der Waals surface area contributed by atoms with Gasteiger partial charge in [-0.3, -0.25) is 0 Å². The van der Waals surface area contributed by atoms with E-state index in [1.165, 1.54) is 10.8 Å². The largest absolute Gasteiger partial charge is 0.0502 e. The van der Waals surface area contributed by atoms with Gasteiger partial charge in [-0.1, -0.05) is 31.9 Å². The summed E-state index contributed by atoms with van der Waals surface area (Å²) in [5, 5.41) is 2.38. The first-order valence-corrected chi connectivity index (χ1v) is 6.99. The molecular formula is C10H4Br4. The fourth-order valence-electron chi connectivity index (χ4n) is 1.27. The number of benzene rings is 2. The van der Waals surface area contributed by atoms with Gasteiger partial charge in [-0.2, -0.15) is 0 Å². The van der Waals surface area contributed by atoms with Gasteiger partial charge in [0, 0.05) is 17.9 Å². The summed E-state index contributed by atoms with van der Waals surface area (Å²) < 4.78 is 4.32. The van der Waals surface area contributed by atoms with Crippen LogP contribution in [0.3, 0.4) is 0 Å². The highest BCUT2D eigenvalue weighted by Gasteiger charge is 2.05. The molecule has 2 aromatic rings. The molecule has 0 atom stereocenters. The number of hydrogen-bond donors (Lipinski definition) is 0. The van der Waals surface area contributed by atoms with Gasteiger partial charge in [-0.15, -0.1) is 0 Å². The molecule has 2 aromatic carbocycles. The Bertz CT molecular complexity index is 458. The zero-order valence-corrected chi connectivity index (χ0v) is 13.2. The lowest BCUT2D eigenvalue weighted by molar-refractivity contribution is 1.61. The lowest BCUT2D eigenvalue weighted by Crippen LogP contribution is -1.78. The van der Waals surface area contributed by atoms with E-state index in [9.17, 15) is 0 Å². The molecule has 0 amide bonds. The van der Waals surface area contributed by atoms with Crippen LogP contribution in [0, 0.1) is 0 Å². The Morgan fingerprint density at radius 1 is 0.571 bits per heavy atom. The van der Waals surface area contributed by atoms with Gasteiger partial charge >= 0.3 is 0 Å². The first kappa shape index (κ1) is 11.1. The quantitative estimate of drug-likeness (QED) is 0.476. The highest BCUT2D eigenvalue weighted by molar-refractivity contribution is 9.13. The predicted molar refractivity (Wildman–Crippen MR) is 74.7 cm³/mol. The van der Waals surface area contributed by atoms with Crippen LogP contribution in [-0.4, -0.2) is 0 Å². The van der Waals surface area contributed by atoms with Crippen molar-refractivity contribution in [3.63, 3.8) is 0 Å². The maximum Gasteiger partial charge on any atom is 0.0324 e. The van der Waals surface area contributed by atoms with Crippen molar-refractivity contribution in [2.75, 3.05) is 0 Å². The Kier molecular flexibility index (Phi) is 3.37. The summed E-state index contributed by atoms with van der Waals surface area (Å²) in [5.74, 6) is 0. The van der Waals surface area contributed by atoms with Crippen molar-refractivity contribution >= 4 is 74.5 Å². The molecule has 4 heteroatoms. The van der Waals surface area contributed by atoms with Crippen LogP contribution in [0.2, 0.25) is 0 Å². The van der Waals surface area contributed by atoms with Crippen LogP contribution in [0.25, 0.3) is 10.8 Å². The molecule has 0 fully saturated rings. The molecule has 2 rings (SSSR count). The number of fused-ring (bicyclic) bond motifs is 1. The molecule has 0 nitrogen and oxygen atoms in total. The third-order valence-electron chi connectivity index (χ3n) is 1.95. The standard InChI is InChI=1S/C10H4Br4/c11-7-1-2-8(12)6-4-10(14)9(13)3-5(6)7/h1-4H. The van der Waals surface area contributed by atoms with Gasteiger partial charge in [-0.25, -0.2) is 0 Å². The lowest BCUT2D eigenvalue weighted by Gasteiger charge is -2.05. The summed E-state index contributed by atoms with van der Waals surface area (Å²) in [6.45, 7) is 0. The van der Waals surface area contributed by atoms with E-state index >= 15 is 0 Å².